The average Bonchev–Trinajstić information content (AvgIpc) is 2.17. The van der Waals surface area contributed by atoms with E-state index in [0.717, 1.165) is 5.57 Å². The topological polar surface area (TPSA) is 32.8 Å². The first-order chi connectivity index (χ1) is 3.22. The van der Waals surface area contributed by atoms with Gasteiger partial charge in [0.15, 0.2) is 6.29 Å². The van der Waals surface area contributed by atoms with Crippen LogP contribution in [-0.4, -0.2) is 17.5 Å². The van der Waals surface area contributed by atoms with Crippen molar-refractivity contribution >= 4 is 0 Å². The Bertz CT molecular complexity index is 98.3. The molecule has 1 rings (SSSR count). The normalized spacial score (nSPS) is 38.0. The Morgan fingerprint density at radius 2 is 2.29 bits per heavy atom. The summed E-state index contributed by atoms with van der Waals surface area (Å²) in [5.74, 6) is 0. The van der Waals surface area contributed by atoms with Crippen molar-refractivity contribution in [1.82, 2.24) is 0 Å². The second-order valence-electron chi connectivity index (χ2n) is 1.79. The molecule has 0 amide bonds. The number of hydrogen-bond acceptors (Lipinski definition) is 2. The molecule has 2 atom stereocenters. The van der Waals surface area contributed by atoms with Crippen LogP contribution >= 0.6 is 0 Å². The summed E-state index contributed by atoms with van der Waals surface area (Å²) >= 11 is 0. The van der Waals surface area contributed by atoms with Crippen molar-refractivity contribution in [2.45, 2.75) is 19.3 Å². The van der Waals surface area contributed by atoms with Gasteiger partial charge in [-0.25, -0.2) is 0 Å². The van der Waals surface area contributed by atoms with E-state index in [4.69, 9.17) is 5.11 Å². The van der Waals surface area contributed by atoms with Gasteiger partial charge in [0.25, 0.3) is 0 Å². The van der Waals surface area contributed by atoms with Gasteiger partial charge in [0, 0.05) is 0 Å². The number of aliphatic hydroxyl groups excluding tert-OH is 1. The van der Waals surface area contributed by atoms with Crippen molar-refractivity contribution in [3.63, 3.8) is 0 Å². The number of rotatable bonds is 1. The maximum atomic E-state index is 8.51. The minimum Gasteiger partial charge on any atom is -0.366 e. The lowest BCUT2D eigenvalue weighted by molar-refractivity contribution is 0.156. The summed E-state index contributed by atoms with van der Waals surface area (Å²) in [7, 11) is 0. The summed E-state index contributed by atoms with van der Waals surface area (Å²) in [4.78, 5) is 0. The summed E-state index contributed by atoms with van der Waals surface area (Å²) in [5.41, 5.74) is 0.896. The first kappa shape index (κ1) is 4.81. The molecule has 2 nitrogen and oxygen atoms in total. The molecule has 7 heavy (non-hydrogen) atoms. The van der Waals surface area contributed by atoms with E-state index >= 15 is 0 Å². The molecule has 0 radical (unpaired) electrons. The molecule has 0 aliphatic carbocycles. The van der Waals surface area contributed by atoms with Crippen LogP contribution in [-0.2, 0) is 4.74 Å². The molecule has 1 aliphatic heterocycles. The van der Waals surface area contributed by atoms with Crippen molar-refractivity contribution in [2.75, 3.05) is 0 Å². The Morgan fingerprint density at radius 1 is 1.86 bits per heavy atom. The highest BCUT2D eigenvalue weighted by molar-refractivity contribution is 5.06. The molecule has 1 N–H and O–H groups in total. The molecule has 1 saturated heterocycles. The summed E-state index contributed by atoms with van der Waals surface area (Å²) in [6, 6.07) is 0. The second-order valence-corrected chi connectivity index (χ2v) is 1.79. The maximum absolute atomic E-state index is 8.51. The van der Waals surface area contributed by atoms with Gasteiger partial charge < -0.3 is 9.84 Å². The van der Waals surface area contributed by atoms with Crippen LogP contribution in [0.3, 0.4) is 0 Å². The minimum absolute atomic E-state index is 0.0694. The molecule has 0 bridgehead atoms. The molecular formula is C5H8O2. The summed E-state index contributed by atoms with van der Waals surface area (Å²) < 4.78 is 4.63. The van der Waals surface area contributed by atoms with Crippen LogP contribution < -0.4 is 0 Å². The molecular weight excluding hydrogens is 92.1 g/mol. The largest absolute Gasteiger partial charge is 0.366 e. The van der Waals surface area contributed by atoms with Crippen LogP contribution in [0, 0.1) is 0 Å². The molecule has 1 aliphatic rings. The van der Waals surface area contributed by atoms with Crippen LogP contribution in [0.2, 0.25) is 0 Å². The fourth-order valence-corrected chi connectivity index (χ4v) is 0.464. The van der Waals surface area contributed by atoms with Crippen LogP contribution in [0.15, 0.2) is 12.2 Å². The van der Waals surface area contributed by atoms with E-state index in [1.165, 1.54) is 0 Å². The quantitative estimate of drug-likeness (QED) is 0.379. The fourth-order valence-electron chi connectivity index (χ4n) is 0.464. The van der Waals surface area contributed by atoms with Gasteiger partial charge in [0.05, 0.1) is 0 Å². The molecule has 2 heteroatoms. The Labute approximate surface area is 42.4 Å². The van der Waals surface area contributed by atoms with Crippen LogP contribution in [0.5, 0.6) is 0 Å². The Morgan fingerprint density at radius 3 is 2.29 bits per heavy atom. The Kier molecular flexibility index (Phi) is 0.905. The molecule has 0 aromatic carbocycles. The Balaban J connectivity index is 2.33. The molecule has 0 aromatic rings. The summed E-state index contributed by atoms with van der Waals surface area (Å²) in [5, 5.41) is 8.51. The lowest BCUT2D eigenvalue weighted by Crippen LogP contribution is -1.90. The van der Waals surface area contributed by atoms with Crippen molar-refractivity contribution in [3.05, 3.63) is 12.2 Å². The third kappa shape index (κ3) is 0.813. The first-order valence-electron chi connectivity index (χ1n) is 2.21. The molecule has 0 saturated carbocycles. The van der Waals surface area contributed by atoms with Gasteiger partial charge in [-0.15, -0.1) is 0 Å². The number of ether oxygens (including phenoxy) is 1. The van der Waals surface area contributed by atoms with E-state index in [1.807, 2.05) is 6.92 Å². The highest BCUT2D eigenvalue weighted by atomic mass is 16.7. The zero-order valence-electron chi connectivity index (χ0n) is 4.22. The fraction of sp³-hybridized carbons (Fsp3) is 0.600. The van der Waals surface area contributed by atoms with E-state index in [9.17, 15) is 0 Å². The monoisotopic (exact) mass is 100 g/mol. The van der Waals surface area contributed by atoms with Crippen LogP contribution in [0.1, 0.15) is 6.92 Å². The minimum atomic E-state index is -0.558. The Hall–Kier alpha value is -0.340. The van der Waals surface area contributed by atoms with Crippen LogP contribution in [0.4, 0.5) is 0 Å². The molecule has 1 fully saturated rings. The van der Waals surface area contributed by atoms with Gasteiger partial charge in [0.2, 0.25) is 0 Å². The molecule has 0 aromatic heterocycles. The van der Waals surface area contributed by atoms with Gasteiger partial charge in [-0.3, -0.25) is 0 Å². The summed E-state index contributed by atoms with van der Waals surface area (Å²) in [6.45, 7) is 5.42. The van der Waals surface area contributed by atoms with Crippen molar-refractivity contribution in [2.24, 2.45) is 0 Å². The zero-order chi connectivity index (χ0) is 5.44. The highest BCUT2D eigenvalue weighted by Crippen LogP contribution is 2.24. The standard InChI is InChI=1S/C5H8O2/c1-3(2)4-5(6)7-4/h4-6H,1H2,2H3. The highest BCUT2D eigenvalue weighted by Gasteiger charge is 2.37. The van der Waals surface area contributed by atoms with E-state index < -0.39 is 6.29 Å². The van der Waals surface area contributed by atoms with E-state index in [0.29, 0.717) is 0 Å². The lowest BCUT2D eigenvalue weighted by atomic mass is 10.3. The van der Waals surface area contributed by atoms with Gasteiger partial charge in [0.1, 0.15) is 6.10 Å². The van der Waals surface area contributed by atoms with Gasteiger partial charge >= 0.3 is 0 Å². The smallest absolute Gasteiger partial charge is 0.186 e. The average molecular weight is 100 g/mol. The van der Waals surface area contributed by atoms with Gasteiger partial charge in [-0.1, -0.05) is 6.58 Å². The number of epoxide rings is 1. The molecule has 0 spiro atoms. The van der Waals surface area contributed by atoms with Crippen molar-refractivity contribution < 1.29 is 9.84 Å². The molecule has 40 valence electrons. The predicted octanol–water partition coefficient (Wildman–Crippen LogP) is 0.280. The lowest BCUT2D eigenvalue weighted by Gasteiger charge is -1.81. The third-order valence-corrected chi connectivity index (χ3v) is 0.954. The first-order valence-corrected chi connectivity index (χ1v) is 2.21. The number of aliphatic hydroxyl groups is 1. The molecule has 2 unspecified atom stereocenters. The van der Waals surface area contributed by atoms with E-state index in [1.54, 1.807) is 0 Å². The van der Waals surface area contributed by atoms with Gasteiger partial charge in [-0.2, -0.15) is 0 Å². The predicted molar refractivity (Wildman–Crippen MR) is 25.7 cm³/mol. The van der Waals surface area contributed by atoms with Gasteiger partial charge in [-0.05, 0) is 12.5 Å². The third-order valence-electron chi connectivity index (χ3n) is 0.954. The van der Waals surface area contributed by atoms with Crippen molar-refractivity contribution in [3.8, 4) is 0 Å². The zero-order valence-corrected chi connectivity index (χ0v) is 4.22. The summed E-state index contributed by atoms with van der Waals surface area (Å²) in [6.07, 6.45) is -0.627. The number of hydrogen-bond donors (Lipinski definition) is 1. The van der Waals surface area contributed by atoms with E-state index in [2.05, 4.69) is 11.3 Å². The van der Waals surface area contributed by atoms with Crippen LogP contribution in [0.25, 0.3) is 0 Å². The van der Waals surface area contributed by atoms with E-state index in [-0.39, 0.29) is 6.10 Å². The maximum Gasteiger partial charge on any atom is 0.186 e. The molecule has 1 heterocycles. The van der Waals surface area contributed by atoms with Crippen molar-refractivity contribution in [1.29, 1.82) is 0 Å². The SMILES string of the molecule is C=C(C)C1OC1O. The second kappa shape index (κ2) is 1.32.